The number of hydrogen-bond donors (Lipinski definition) is 2. The lowest BCUT2D eigenvalue weighted by Crippen LogP contribution is -2.20. The van der Waals surface area contributed by atoms with Gasteiger partial charge in [0.05, 0.1) is 0 Å². The van der Waals surface area contributed by atoms with Crippen molar-refractivity contribution < 1.29 is 14.7 Å². The molecule has 0 aliphatic heterocycles. The van der Waals surface area contributed by atoms with Crippen molar-refractivity contribution in [3.05, 3.63) is 83.0 Å². The van der Waals surface area contributed by atoms with E-state index in [1.807, 2.05) is 6.07 Å². The summed E-state index contributed by atoms with van der Waals surface area (Å²) in [5, 5.41) is 16.7. The van der Waals surface area contributed by atoms with Crippen LogP contribution in [0.5, 0.6) is 5.75 Å². The molecule has 0 atom stereocenters. The smallest absolute Gasteiger partial charge is 0.512 e. The van der Waals surface area contributed by atoms with Crippen LogP contribution < -0.4 is 4.65 Å². The van der Waals surface area contributed by atoms with Gasteiger partial charge in [0.1, 0.15) is 5.75 Å². The number of hydrogen-bond acceptors (Lipinski definition) is 3. The van der Waals surface area contributed by atoms with Crippen LogP contribution in [0.2, 0.25) is 0 Å². The Hall–Kier alpha value is -2.04. The van der Waals surface area contributed by atoms with Crippen molar-refractivity contribution in [2.45, 2.75) is 0 Å². The van der Waals surface area contributed by atoms with Gasteiger partial charge in [0.25, 0.3) is 0 Å². The van der Waals surface area contributed by atoms with Gasteiger partial charge < -0.3 is 14.7 Å². The molecule has 3 nitrogen and oxygen atoms in total. The molecule has 100 valence electrons. The van der Waals surface area contributed by atoms with E-state index >= 15 is 0 Å². The zero-order valence-corrected chi connectivity index (χ0v) is 10.9. The predicted octanol–water partition coefficient (Wildman–Crippen LogP) is 3.24. The van der Waals surface area contributed by atoms with Crippen molar-refractivity contribution in [1.82, 2.24) is 0 Å². The van der Waals surface area contributed by atoms with E-state index in [0.29, 0.717) is 5.75 Å². The van der Waals surface area contributed by atoms with E-state index in [9.17, 15) is 0 Å². The van der Waals surface area contributed by atoms with E-state index in [2.05, 4.69) is 57.3 Å². The van der Waals surface area contributed by atoms with Crippen LogP contribution >= 0.6 is 0 Å². The monoisotopic (exact) mass is 250 g/mol. The molecule has 0 saturated heterocycles. The van der Waals surface area contributed by atoms with Crippen LogP contribution in [0.15, 0.2) is 83.0 Å². The van der Waals surface area contributed by atoms with E-state index in [4.69, 9.17) is 10.0 Å². The Morgan fingerprint density at radius 3 is 1.33 bits per heavy atom. The van der Waals surface area contributed by atoms with Crippen LogP contribution in [0, 0.1) is 0 Å². The molecule has 0 saturated carbocycles. The van der Waals surface area contributed by atoms with Crippen molar-refractivity contribution >= 4 is 7.32 Å². The van der Waals surface area contributed by atoms with Gasteiger partial charge in [-0.3, -0.25) is 0 Å². The quantitative estimate of drug-likeness (QED) is 0.625. The SMILES string of the molecule is C=C.C=C.C=C.C=C.OB(O)Oc1ccccc1. The zero-order valence-electron chi connectivity index (χ0n) is 10.9. The van der Waals surface area contributed by atoms with Crippen LogP contribution in [0.3, 0.4) is 0 Å². The molecule has 1 aromatic rings. The number of rotatable bonds is 2. The summed E-state index contributed by atoms with van der Waals surface area (Å²) in [4.78, 5) is 0. The van der Waals surface area contributed by atoms with E-state index < -0.39 is 7.32 Å². The Bertz CT molecular complexity index is 232. The average Bonchev–Trinajstić information content (AvgIpc) is 2.48. The zero-order chi connectivity index (χ0) is 15.4. The van der Waals surface area contributed by atoms with Crippen LogP contribution in [0.1, 0.15) is 0 Å². The highest BCUT2D eigenvalue weighted by Gasteiger charge is 2.09. The number of benzene rings is 1. The third-order valence-electron chi connectivity index (χ3n) is 0.985. The van der Waals surface area contributed by atoms with Crippen molar-refractivity contribution in [2.75, 3.05) is 0 Å². The summed E-state index contributed by atoms with van der Waals surface area (Å²) in [5.74, 6) is 0.442. The third-order valence-corrected chi connectivity index (χ3v) is 0.985. The molecule has 0 fully saturated rings. The fraction of sp³-hybridized carbons (Fsp3) is 0. The van der Waals surface area contributed by atoms with E-state index in [1.54, 1.807) is 24.3 Å². The van der Waals surface area contributed by atoms with Crippen LogP contribution in [0.4, 0.5) is 0 Å². The minimum atomic E-state index is -1.73. The van der Waals surface area contributed by atoms with Gasteiger partial charge in [-0.2, -0.15) is 0 Å². The first-order chi connectivity index (χ1) is 8.79. The summed E-state index contributed by atoms with van der Waals surface area (Å²) in [6, 6.07) is 8.59. The van der Waals surface area contributed by atoms with Gasteiger partial charge in [-0.1, -0.05) is 18.2 Å². The lowest BCUT2D eigenvalue weighted by molar-refractivity contribution is 0.288. The molecule has 4 heteroatoms. The summed E-state index contributed by atoms with van der Waals surface area (Å²) in [5.41, 5.74) is 0. The number of para-hydroxylation sites is 1. The Labute approximate surface area is 111 Å². The van der Waals surface area contributed by atoms with Crippen molar-refractivity contribution in [3.63, 3.8) is 0 Å². The predicted molar refractivity (Wildman–Crippen MR) is 82.3 cm³/mol. The maximum Gasteiger partial charge on any atom is 0.707 e. The lowest BCUT2D eigenvalue weighted by atomic mass is 10.2. The molecule has 0 aliphatic rings. The summed E-state index contributed by atoms with van der Waals surface area (Å²) in [6.07, 6.45) is 0. The molecule has 2 N–H and O–H groups in total. The van der Waals surface area contributed by atoms with E-state index in [0.717, 1.165) is 0 Å². The molecule has 1 aromatic carbocycles. The molecular weight excluding hydrogens is 227 g/mol. The second-order valence-corrected chi connectivity index (χ2v) is 1.76. The van der Waals surface area contributed by atoms with Gasteiger partial charge in [-0.05, 0) is 12.1 Å². The molecule has 0 radical (unpaired) electrons. The Morgan fingerprint density at radius 2 is 1.06 bits per heavy atom. The van der Waals surface area contributed by atoms with Gasteiger partial charge >= 0.3 is 7.32 Å². The van der Waals surface area contributed by atoms with Gasteiger partial charge in [0, 0.05) is 0 Å². The molecule has 0 aromatic heterocycles. The van der Waals surface area contributed by atoms with Crippen molar-refractivity contribution in [3.8, 4) is 5.75 Å². The summed E-state index contributed by atoms with van der Waals surface area (Å²) < 4.78 is 4.53. The normalized spacial score (nSPS) is 5.89. The lowest BCUT2D eigenvalue weighted by Gasteiger charge is -2.01. The molecule has 0 heterocycles. The minimum Gasteiger partial charge on any atom is -0.512 e. The molecule has 0 spiro atoms. The van der Waals surface area contributed by atoms with Crippen molar-refractivity contribution in [2.24, 2.45) is 0 Å². The fourth-order valence-corrected chi connectivity index (χ4v) is 0.621. The Balaban J connectivity index is -0.000000105. The average molecular weight is 250 g/mol. The Morgan fingerprint density at radius 1 is 0.722 bits per heavy atom. The summed E-state index contributed by atoms with van der Waals surface area (Å²) >= 11 is 0. The Kier molecular flexibility index (Phi) is 40.8. The third kappa shape index (κ3) is 23.6. The standard InChI is InChI=1S/C6H7BO3.4C2H4/c8-7(9)10-6-4-2-1-3-5-6;4*1-2/h1-5,8-9H;4*1-2H2. The first-order valence-electron chi connectivity index (χ1n) is 4.87. The largest absolute Gasteiger partial charge is 0.707 e. The first-order valence-corrected chi connectivity index (χ1v) is 4.87. The van der Waals surface area contributed by atoms with Crippen molar-refractivity contribution in [1.29, 1.82) is 0 Å². The van der Waals surface area contributed by atoms with Crippen LogP contribution in [-0.4, -0.2) is 17.4 Å². The second-order valence-electron chi connectivity index (χ2n) is 1.76. The molecule has 0 amide bonds. The highest BCUT2D eigenvalue weighted by Crippen LogP contribution is 2.07. The second kappa shape index (κ2) is 29.4. The van der Waals surface area contributed by atoms with Crippen LogP contribution in [-0.2, 0) is 0 Å². The van der Waals surface area contributed by atoms with E-state index in [-0.39, 0.29) is 0 Å². The highest BCUT2D eigenvalue weighted by atomic mass is 16.6. The van der Waals surface area contributed by atoms with E-state index in [1.165, 1.54) is 0 Å². The molecule has 1 rings (SSSR count). The molecule has 0 bridgehead atoms. The fourth-order valence-electron chi connectivity index (χ4n) is 0.621. The molecular formula is C14H23BO3. The van der Waals surface area contributed by atoms with Crippen LogP contribution in [0.25, 0.3) is 0 Å². The molecule has 18 heavy (non-hydrogen) atoms. The first kappa shape index (κ1) is 25.0. The maximum absolute atomic E-state index is 8.34. The summed E-state index contributed by atoms with van der Waals surface area (Å²) in [7, 11) is -1.73. The summed E-state index contributed by atoms with van der Waals surface area (Å²) in [6.45, 7) is 24.0. The van der Waals surface area contributed by atoms with Gasteiger partial charge in [0.2, 0.25) is 0 Å². The van der Waals surface area contributed by atoms with Gasteiger partial charge in [-0.25, -0.2) is 0 Å². The highest BCUT2D eigenvalue weighted by molar-refractivity contribution is 6.33. The topological polar surface area (TPSA) is 49.7 Å². The maximum atomic E-state index is 8.34. The van der Waals surface area contributed by atoms with Gasteiger partial charge in [0.15, 0.2) is 0 Å². The van der Waals surface area contributed by atoms with Gasteiger partial charge in [-0.15, -0.1) is 52.6 Å². The molecule has 0 unspecified atom stereocenters. The minimum absolute atomic E-state index is 0.442. The molecule has 0 aliphatic carbocycles.